The molecule has 0 radical (unpaired) electrons. The van der Waals surface area contributed by atoms with Crippen molar-refractivity contribution in [3.63, 3.8) is 0 Å². The molecule has 0 aliphatic heterocycles. The smallest absolute Gasteiger partial charge is 0.200 e. The van der Waals surface area contributed by atoms with Crippen LogP contribution >= 0.6 is 0 Å². The van der Waals surface area contributed by atoms with Crippen LogP contribution in [-0.2, 0) is 0 Å². The van der Waals surface area contributed by atoms with Crippen molar-refractivity contribution in [3.8, 4) is 5.75 Å². The molecule has 0 saturated carbocycles. The lowest BCUT2D eigenvalue weighted by Crippen LogP contribution is -2.22. The molecule has 1 unspecified atom stereocenters. The summed E-state index contributed by atoms with van der Waals surface area (Å²) in [5, 5.41) is 8.79. The van der Waals surface area contributed by atoms with Gasteiger partial charge in [0.25, 0.3) is 0 Å². The van der Waals surface area contributed by atoms with Crippen LogP contribution in [0, 0.1) is 11.6 Å². The molecule has 0 spiro atoms. The molecule has 5 N–H and O–H groups in total. The number of benzene rings is 1. The van der Waals surface area contributed by atoms with Crippen LogP contribution < -0.4 is 11.5 Å². The number of rotatable bonds is 2. The summed E-state index contributed by atoms with van der Waals surface area (Å²) in [7, 11) is 0. The molecule has 5 heteroatoms. The standard InChI is InChI=1S/C8H10F2N2O/c9-7-4(5(12)3-11)1-2-6(13)8(7)10/h1-2,5,13H,3,11-12H2. The zero-order valence-corrected chi connectivity index (χ0v) is 6.80. The van der Waals surface area contributed by atoms with Gasteiger partial charge in [-0.3, -0.25) is 0 Å². The number of phenols is 1. The van der Waals surface area contributed by atoms with Crippen molar-refractivity contribution in [1.82, 2.24) is 0 Å². The van der Waals surface area contributed by atoms with E-state index in [1.807, 2.05) is 0 Å². The lowest BCUT2D eigenvalue weighted by Gasteiger charge is -2.10. The molecule has 1 atom stereocenters. The highest BCUT2D eigenvalue weighted by Gasteiger charge is 2.16. The number of halogens is 2. The Morgan fingerprint density at radius 1 is 1.31 bits per heavy atom. The molecule has 13 heavy (non-hydrogen) atoms. The molecule has 0 amide bonds. The molecular formula is C8H10F2N2O. The minimum atomic E-state index is -1.29. The fourth-order valence-corrected chi connectivity index (χ4v) is 0.968. The summed E-state index contributed by atoms with van der Waals surface area (Å²) >= 11 is 0. The van der Waals surface area contributed by atoms with Gasteiger partial charge in [0.2, 0.25) is 5.82 Å². The second kappa shape index (κ2) is 3.68. The zero-order chi connectivity index (χ0) is 10.0. The van der Waals surface area contributed by atoms with Gasteiger partial charge >= 0.3 is 0 Å². The number of hydrogen-bond acceptors (Lipinski definition) is 3. The molecule has 1 rings (SSSR count). The first-order valence-corrected chi connectivity index (χ1v) is 3.70. The lowest BCUT2D eigenvalue weighted by atomic mass is 10.1. The van der Waals surface area contributed by atoms with E-state index in [1.165, 1.54) is 6.07 Å². The molecule has 0 aromatic heterocycles. The van der Waals surface area contributed by atoms with Crippen molar-refractivity contribution in [2.75, 3.05) is 6.54 Å². The van der Waals surface area contributed by atoms with Crippen LogP contribution in [0.2, 0.25) is 0 Å². The van der Waals surface area contributed by atoms with E-state index in [0.29, 0.717) is 0 Å². The summed E-state index contributed by atoms with van der Waals surface area (Å²) in [6.07, 6.45) is 0. The van der Waals surface area contributed by atoms with Crippen molar-refractivity contribution < 1.29 is 13.9 Å². The Labute approximate surface area is 74.0 Å². The van der Waals surface area contributed by atoms with E-state index in [-0.39, 0.29) is 12.1 Å². The van der Waals surface area contributed by atoms with Crippen molar-refractivity contribution in [2.45, 2.75) is 6.04 Å². The van der Waals surface area contributed by atoms with E-state index in [0.717, 1.165) is 6.07 Å². The van der Waals surface area contributed by atoms with Gasteiger partial charge < -0.3 is 16.6 Å². The fourth-order valence-electron chi connectivity index (χ4n) is 0.968. The Morgan fingerprint density at radius 3 is 2.46 bits per heavy atom. The van der Waals surface area contributed by atoms with Crippen molar-refractivity contribution >= 4 is 0 Å². The van der Waals surface area contributed by atoms with E-state index in [9.17, 15) is 8.78 Å². The van der Waals surface area contributed by atoms with Crippen LogP contribution in [0.15, 0.2) is 12.1 Å². The number of hydrogen-bond donors (Lipinski definition) is 3. The molecule has 0 bridgehead atoms. The van der Waals surface area contributed by atoms with Gasteiger partial charge in [0, 0.05) is 18.2 Å². The number of nitrogens with two attached hydrogens (primary N) is 2. The van der Waals surface area contributed by atoms with Crippen LogP contribution in [0.4, 0.5) is 8.78 Å². The Hall–Kier alpha value is -1.20. The summed E-state index contributed by atoms with van der Waals surface area (Å²) in [5.74, 6) is -3.16. The molecule has 0 heterocycles. The first-order valence-electron chi connectivity index (χ1n) is 3.70. The van der Waals surface area contributed by atoms with Crippen molar-refractivity contribution in [2.24, 2.45) is 11.5 Å². The quantitative estimate of drug-likeness (QED) is 0.637. The third-order valence-corrected chi connectivity index (χ3v) is 1.75. The van der Waals surface area contributed by atoms with Gasteiger partial charge in [-0.25, -0.2) is 4.39 Å². The summed E-state index contributed by atoms with van der Waals surface area (Å²) in [6.45, 7) is 0.0150. The van der Waals surface area contributed by atoms with Gasteiger partial charge in [-0.05, 0) is 6.07 Å². The molecule has 0 aliphatic carbocycles. The normalized spacial score (nSPS) is 12.9. The van der Waals surface area contributed by atoms with Crippen LogP contribution in [0.3, 0.4) is 0 Å². The van der Waals surface area contributed by atoms with Gasteiger partial charge in [0.1, 0.15) is 0 Å². The molecule has 1 aromatic rings. The van der Waals surface area contributed by atoms with Gasteiger partial charge in [-0.2, -0.15) is 4.39 Å². The molecule has 0 aliphatic rings. The largest absolute Gasteiger partial charge is 0.505 e. The molecular weight excluding hydrogens is 178 g/mol. The summed E-state index contributed by atoms with van der Waals surface area (Å²) in [5.41, 5.74) is 10.6. The average Bonchev–Trinajstić information content (AvgIpc) is 2.13. The van der Waals surface area contributed by atoms with Gasteiger partial charge in [0.15, 0.2) is 11.6 Å². The summed E-state index contributed by atoms with van der Waals surface area (Å²) < 4.78 is 25.8. The first kappa shape index (κ1) is 9.88. The second-order valence-corrected chi connectivity index (χ2v) is 2.64. The molecule has 1 aromatic carbocycles. The van der Waals surface area contributed by atoms with Crippen LogP contribution in [0.25, 0.3) is 0 Å². The number of phenolic OH excluding ortho intramolecular Hbond substituents is 1. The minimum Gasteiger partial charge on any atom is -0.505 e. The second-order valence-electron chi connectivity index (χ2n) is 2.64. The highest BCUT2D eigenvalue weighted by molar-refractivity contribution is 5.31. The van der Waals surface area contributed by atoms with E-state index in [4.69, 9.17) is 16.6 Å². The summed E-state index contributed by atoms with van der Waals surface area (Å²) in [4.78, 5) is 0. The van der Waals surface area contributed by atoms with Crippen LogP contribution in [0.5, 0.6) is 5.75 Å². The molecule has 0 saturated heterocycles. The van der Waals surface area contributed by atoms with E-state index >= 15 is 0 Å². The third kappa shape index (κ3) is 1.76. The molecule has 72 valence electrons. The average molecular weight is 188 g/mol. The first-order chi connectivity index (χ1) is 6.07. The van der Waals surface area contributed by atoms with Gasteiger partial charge in [-0.15, -0.1) is 0 Å². The Bertz CT molecular complexity index is 317. The predicted octanol–water partition coefficient (Wildman–Crippen LogP) is 0.629. The Kier molecular flexibility index (Phi) is 2.79. The monoisotopic (exact) mass is 188 g/mol. The van der Waals surface area contributed by atoms with Crippen LogP contribution in [0.1, 0.15) is 11.6 Å². The maximum Gasteiger partial charge on any atom is 0.200 e. The van der Waals surface area contributed by atoms with E-state index < -0.39 is 23.4 Å². The molecule has 0 fully saturated rings. The highest BCUT2D eigenvalue weighted by Crippen LogP contribution is 2.23. The SMILES string of the molecule is NCC(N)c1ccc(O)c(F)c1F. The Morgan fingerprint density at radius 2 is 1.92 bits per heavy atom. The van der Waals surface area contributed by atoms with Gasteiger partial charge in [-0.1, -0.05) is 6.07 Å². The fraction of sp³-hybridized carbons (Fsp3) is 0.250. The third-order valence-electron chi connectivity index (χ3n) is 1.75. The maximum atomic E-state index is 13.0. The minimum absolute atomic E-state index is 0.0150. The van der Waals surface area contributed by atoms with Crippen LogP contribution in [-0.4, -0.2) is 11.7 Å². The zero-order valence-electron chi connectivity index (χ0n) is 6.80. The highest BCUT2D eigenvalue weighted by atomic mass is 19.2. The predicted molar refractivity (Wildman–Crippen MR) is 44.0 cm³/mol. The van der Waals surface area contributed by atoms with Crippen molar-refractivity contribution in [1.29, 1.82) is 0 Å². The van der Waals surface area contributed by atoms with Crippen molar-refractivity contribution in [3.05, 3.63) is 29.3 Å². The number of aromatic hydroxyl groups is 1. The van der Waals surface area contributed by atoms with Gasteiger partial charge in [0.05, 0.1) is 0 Å². The Balaban J connectivity index is 3.18. The topological polar surface area (TPSA) is 72.3 Å². The van der Waals surface area contributed by atoms with E-state index in [2.05, 4.69) is 0 Å². The van der Waals surface area contributed by atoms with E-state index in [1.54, 1.807) is 0 Å². The summed E-state index contributed by atoms with van der Waals surface area (Å²) in [6, 6.07) is 1.50. The lowest BCUT2D eigenvalue weighted by molar-refractivity contribution is 0.401. The molecule has 3 nitrogen and oxygen atoms in total. The maximum absolute atomic E-state index is 13.0.